The second-order valence-electron chi connectivity index (χ2n) is 11.2. The van der Waals surface area contributed by atoms with E-state index in [1.54, 1.807) is 41.4 Å². The van der Waals surface area contributed by atoms with Crippen molar-refractivity contribution in [2.24, 2.45) is 0 Å². The van der Waals surface area contributed by atoms with Gasteiger partial charge in [-0.15, -0.1) is 33.3 Å². The van der Waals surface area contributed by atoms with Crippen LogP contribution >= 0.6 is 23.1 Å². The van der Waals surface area contributed by atoms with Gasteiger partial charge < -0.3 is 15.3 Å². The van der Waals surface area contributed by atoms with Crippen molar-refractivity contribution in [2.45, 2.75) is 16.3 Å². The molecule has 2 aromatic carbocycles. The van der Waals surface area contributed by atoms with Crippen molar-refractivity contribution < 1.29 is 23.2 Å². The number of hydrogen-bond donors (Lipinski definition) is 3. The van der Waals surface area contributed by atoms with Crippen LogP contribution in [0.4, 0.5) is 17.2 Å². The summed E-state index contributed by atoms with van der Waals surface area (Å²) in [5.74, 6) is 0.305. The number of thioether (sulfide) groups is 1. The van der Waals surface area contributed by atoms with Crippen molar-refractivity contribution in [3.05, 3.63) is 111 Å². The highest BCUT2D eigenvalue weighted by Gasteiger charge is 2.25. The maximum atomic E-state index is 13.0. The molecule has 5 aromatic rings. The second kappa shape index (κ2) is 15.6. The Hall–Kier alpha value is -5.10. The van der Waals surface area contributed by atoms with Gasteiger partial charge in [0.2, 0.25) is 0 Å². The topological polar surface area (TPSA) is 184 Å². The van der Waals surface area contributed by atoms with Crippen LogP contribution in [0.1, 0.15) is 15.4 Å². The number of thiophene rings is 1. The predicted octanol–water partition coefficient (Wildman–Crippen LogP) is 4.86. The average Bonchev–Trinajstić information content (AvgIpc) is 3.59. The molecule has 3 aromatic heterocycles. The molecule has 1 aliphatic heterocycles. The maximum absolute atomic E-state index is 13.0. The monoisotopic (exact) mass is 732 g/mol. The molecular weight excluding hydrogens is 701 g/mol. The van der Waals surface area contributed by atoms with E-state index in [4.69, 9.17) is 0 Å². The van der Waals surface area contributed by atoms with E-state index in [1.165, 1.54) is 29.3 Å². The molecule has 0 bridgehead atoms. The fraction of sp³-hybridized carbons (Fsp3) is 0.212. The number of carbonyl (C=O) groups is 1. The molecule has 1 fully saturated rings. The lowest BCUT2D eigenvalue weighted by Gasteiger charge is -2.34. The normalized spacial score (nSPS) is 13.6. The van der Waals surface area contributed by atoms with Crippen molar-refractivity contribution >= 4 is 56.2 Å². The summed E-state index contributed by atoms with van der Waals surface area (Å²) in [7, 11) is -4.45. The van der Waals surface area contributed by atoms with E-state index in [0.29, 0.717) is 31.2 Å². The van der Waals surface area contributed by atoms with E-state index in [-0.39, 0.29) is 17.1 Å². The van der Waals surface area contributed by atoms with Crippen LogP contribution in [0.25, 0.3) is 11.1 Å². The molecule has 0 aliphatic carbocycles. The minimum atomic E-state index is -4.45. The molecule has 4 heterocycles. The summed E-state index contributed by atoms with van der Waals surface area (Å²) < 4.78 is 28.0. The molecule has 50 heavy (non-hydrogen) atoms. The highest BCUT2D eigenvalue weighted by Crippen LogP contribution is 2.30. The van der Waals surface area contributed by atoms with Gasteiger partial charge in [-0.1, -0.05) is 18.2 Å². The summed E-state index contributed by atoms with van der Waals surface area (Å²) in [6.07, 6.45) is 3.12. The van der Waals surface area contributed by atoms with Gasteiger partial charge in [0.25, 0.3) is 21.6 Å². The van der Waals surface area contributed by atoms with E-state index < -0.39 is 31.4 Å². The predicted molar refractivity (Wildman–Crippen MR) is 192 cm³/mol. The van der Waals surface area contributed by atoms with Gasteiger partial charge in [0, 0.05) is 72.6 Å². The Morgan fingerprint density at radius 2 is 1.78 bits per heavy atom. The zero-order chi connectivity index (χ0) is 35.1. The first-order valence-electron chi connectivity index (χ1n) is 15.4. The molecule has 3 N–H and O–H groups in total. The summed E-state index contributed by atoms with van der Waals surface area (Å²) in [5.41, 5.74) is 1.40. The maximum Gasteiger partial charge on any atom is 0.293 e. The molecule has 1 aliphatic rings. The molecule has 17 heteroatoms. The summed E-state index contributed by atoms with van der Waals surface area (Å²) in [5, 5.41) is 34.6. The van der Waals surface area contributed by atoms with Gasteiger partial charge >= 0.3 is 0 Å². The van der Waals surface area contributed by atoms with Gasteiger partial charge in [-0.3, -0.25) is 24.8 Å². The number of aromatic hydroxyl groups is 1. The van der Waals surface area contributed by atoms with Crippen LogP contribution in [0, 0.1) is 10.1 Å². The quantitative estimate of drug-likeness (QED) is 0.0646. The molecule has 6 rings (SSSR count). The Balaban J connectivity index is 1.01. The number of hydrogen-bond acceptors (Lipinski definition) is 14. The van der Waals surface area contributed by atoms with Crippen LogP contribution in [0.15, 0.2) is 100 Å². The molecule has 0 radical (unpaired) electrons. The minimum absolute atomic E-state index is 0.126. The molecule has 14 nitrogen and oxygen atoms in total. The lowest BCUT2D eigenvalue weighted by molar-refractivity contribution is -0.384. The molecule has 1 amide bonds. The number of aromatic nitrogens is 3. The van der Waals surface area contributed by atoms with E-state index in [9.17, 15) is 28.4 Å². The standard InChI is InChI=1S/C33H32N8O6S3/c42-25-16-23(19-34-20-25)24-17-27(49-22-24)21-39-11-13-40(14-12-39)32-9-8-30(36-37-32)33(43)38-50(46,47)28-6-7-29(31(18-28)41(44)45)35-10-15-48-26-4-2-1-3-5-26/h1-9,16-20,22,35,42H,10-15,21H2,(H,38,43). The van der Waals surface area contributed by atoms with Crippen molar-refractivity contribution in [3.63, 3.8) is 0 Å². The third-order valence-electron chi connectivity index (χ3n) is 7.80. The van der Waals surface area contributed by atoms with Gasteiger partial charge in [0.1, 0.15) is 11.4 Å². The number of nitrogens with zero attached hydrogens (tertiary/aromatic N) is 6. The Bertz CT molecular complexity index is 2070. The highest BCUT2D eigenvalue weighted by molar-refractivity contribution is 7.99. The number of nitro benzene ring substituents is 1. The number of amides is 1. The Morgan fingerprint density at radius 1 is 0.980 bits per heavy atom. The van der Waals surface area contributed by atoms with Gasteiger partial charge in [0.05, 0.1) is 16.0 Å². The summed E-state index contributed by atoms with van der Waals surface area (Å²) in [4.78, 5) is 34.2. The largest absolute Gasteiger partial charge is 0.506 e. The van der Waals surface area contributed by atoms with E-state index in [1.807, 2.05) is 45.3 Å². The number of piperazine rings is 1. The highest BCUT2D eigenvalue weighted by atomic mass is 32.2. The molecule has 1 saturated heterocycles. The average molecular weight is 733 g/mol. The fourth-order valence-electron chi connectivity index (χ4n) is 5.25. The number of rotatable bonds is 13. The lowest BCUT2D eigenvalue weighted by atomic mass is 10.1. The van der Waals surface area contributed by atoms with Gasteiger partial charge in [-0.2, -0.15) is 0 Å². The Kier molecular flexibility index (Phi) is 10.9. The third kappa shape index (κ3) is 8.73. The zero-order valence-corrected chi connectivity index (χ0v) is 29.0. The Morgan fingerprint density at radius 3 is 2.50 bits per heavy atom. The van der Waals surface area contributed by atoms with Crippen LogP contribution in [0.3, 0.4) is 0 Å². The number of carbonyl (C=O) groups excluding carboxylic acids is 1. The fourth-order valence-corrected chi connectivity index (χ4v) is 7.96. The van der Waals surface area contributed by atoms with Crippen LogP contribution in [0.5, 0.6) is 5.75 Å². The first-order chi connectivity index (χ1) is 24.1. The molecule has 0 spiro atoms. The number of anilines is 2. The first-order valence-corrected chi connectivity index (χ1v) is 18.8. The molecule has 0 saturated carbocycles. The zero-order valence-electron chi connectivity index (χ0n) is 26.5. The van der Waals surface area contributed by atoms with Crippen molar-refractivity contribution in [2.75, 3.05) is 48.7 Å². The Labute approximate surface area is 296 Å². The number of nitrogens with one attached hydrogen (secondary N) is 2. The third-order valence-corrected chi connectivity index (χ3v) is 11.1. The first kappa shape index (κ1) is 34.8. The summed E-state index contributed by atoms with van der Waals surface area (Å²) in [6.45, 7) is 4.09. The summed E-state index contributed by atoms with van der Waals surface area (Å²) >= 11 is 3.23. The van der Waals surface area contributed by atoms with Crippen molar-refractivity contribution in [1.29, 1.82) is 0 Å². The SMILES string of the molecule is O=C(NS(=O)(=O)c1ccc(NCCSc2ccccc2)c([N+](=O)[O-])c1)c1ccc(N2CCN(Cc3cc(-c4cncc(O)c4)cs3)CC2)nn1. The van der Waals surface area contributed by atoms with Crippen LogP contribution in [0.2, 0.25) is 0 Å². The van der Waals surface area contributed by atoms with Crippen LogP contribution < -0.4 is 14.9 Å². The molecule has 0 unspecified atom stereocenters. The van der Waals surface area contributed by atoms with Gasteiger partial charge in [-0.05, 0) is 59.5 Å². The van der Waals surface area contributed by atoms with Gasteiger partial charge in [0.15, 0.2) is 11.5 Å². The number of benzene rings is 2. The molecular formula is C33H32N8O6S3. The van der Waals surface area contributed by atoms with E-state index in [0.717, 1.165) is 41.7 Å². The van der Waals surface area contributed by atoms with Crippen molar-refractivity contribution in [1.82, 2.24) is 24.8 Å². The van der Waals surface area contributed by atoms with Crippen molar-refractivity contribution in [3.8, 4) is 16.9 Å². The molecule has 258 valence electrons. The lowest BCUT2D eigenvalue weighted by Crippen LogP contribution is -2.46. The number of sulfonamides is 1. The number of pyridine rings is 1. The van der Waals surface area contributed by atoms with Crippen LogP contribution in [-0.4, -0.2) is 82.9 Å². The smallest absolute Gasteiger partial charge is 0.293 e. The molecule has 0 atom stereocenters. The van der Waals surface area contributed by atoms with Gasteiger partial charge in [-0.25, -0.2) is 13.1 Å². The van der Waals surface area contributed by atoms with E-state index >= 15 is 0 Å². The van der Waals surface area contributed by atoms with E-state index in [2.05, 4.69) is 31.5 Å². The second-order valence-corrected chi connectivity index (χ2v) is 15.1. The number of nitro groups is 1. The minimum Gasteiger partial charge on any atom is -0.506 e. The summed E-state index contributed by atoms with van der Waals surface area (Å²) in [6, 6.07) is 19.9. The van der Waals surface area contributed by atoms with Crippen LogP contribution in [-0.2, 0) is 16.6 Å².